The first-order chi connectivity index (χ1) is 15.7. The highest BCUT2D eigenvalue weighted by molar-refractivity contribution is 5.92. The molecule has 2 N–H and O–H groups in total. The van der Waals surface area contributed by atoms with Gasteiger partial charge in [-0.2, -0.15) is 0 Å². The van der Waals surface area contributed by atoms with Crippen LogP contribution in [0.4, 0.5) is 19.0 Å². The van der Waals surface area contributed by atoms with Gasteiger partial charge in [0.2, 0.25) is 0 Å². The Bertz CT molecular complexity index is 1140. The number of primary amides is 1. The molecule has 2 aromatic carbocycles. The number of nitrogens with two attached hydrogens (primary N) is 1. The molecule has 1 amide bonds. The summed E-state index contributed by atoms with van der Waals surface area (Å²) in [5.41, 5.74) is 6.27. The van der Waals surface area contributed by atoms with Crippen molar-refractivity contribution in [3.05, 3.63) is 60.3 Å². The number of halogens is 3. The average Bonchev–Trinajstić information content (AvgIpc) is 3.20. The maximum Gasteiger partial charge on any atom is 0.573 e. The molecule has 0 spiro atoms. The normalized spacial score (nSPS) is 16.0. The predicted octanol–water partition coefficient (Wildman–Crippen LogP) is 4.92. The first-order valence-corrected chi connectivity index (χ1v) is 10.3. The highest BCUT2D eigenvalue weighted by Crippen LogP contribution is 2.30. The van der Waals surface area contributed by atoms with Gasteiger partial charge in [-0.15, -0.1) is 13.2 Å². The minimum atomic E-state index is -4.75. The summed E-state index contributed by atoms with van der Waals surface area (Å²) >= 11 is 0. The van der Waals surface area contributed by atoms with E-state index in [9.17, 15) is 18.0 Å². The van der Waals surface area contributed by atoms with Crippen molar-refractivity contribution in [2.24, 2.45) is 5.73 Å². The number of hydrogen-bond donors (Lipinski definition) is 1. The summed E-state index contributed by atoms with van der Waals surface area (Å²) in [6, 6.07) is 13.8. The second kappa shape index (κ2) is 8.97. The maximum atomic E-state index is 12.3. The Morgan fingerprint density at radius 1 is 1.03 bits per heavy atom. The zero-order valence-corrected chi connectivity index (χ0v) is 17.7. The molecule has 0 aliphatic carbocycles. The molecule has 2 heterocycles. The standard InChI is InChI=1S/C23H21F3N4O3/c1-14-3-2-12-30(14)20-13-19(21(27)31)28-22(29-20)15-4-6-16(7-5-15)32-17-8-10-18(11-9-17)33-23(24,25)26/h4-11,13-14H,2-3,12H2,1H3,(H2,27,31). The zero-order valence-electron chi connectivity index (χ0n) is 17.7. The van der Waals surface area contributed by atoms with Gasteiger partial charge in [0.1, 0.15) is 28.8 Å². The van der Waals surface area contributed by atoms with E-state index in [1.54, 1.807) is 30.3 Å². The maximum absolute atomic E-state index is 12.3. The minimum absolute atomic E-state index is 0.135. The largest absolute Gasteiger partial charge is 0.573 e. The lowest BCUT2D eigenvalue weighted by Gasteiger charge is -2.23. The van der Waals surface area contributed by atoms with Crippen molar-refractivity contribution in [1.82, 2.24) is 9.97 Å². The molecule has 4 rings (SSSR count). The second-order valence-corrected chi connectivity index (χ2v) is 7.63. The molecule has 1 aliphatic heterocycles. The van der Waals surface area contributed by atoms with Crippen LogP contribution in [0.25, 0.3) is 11.4 Å². The summed E-state index contributed by atoms with van der Waals surface area (Å²) < 4.78 is 46.3. The van der Waals surface area contributed by atoms with E-state index in [4.69, 9.17) is 10.5 Å². The van der Waals surface area contributed by atoms with Gasteiger partial charge in [0.25, 0.3) is 5.91 Å². The second-order valence-electron chi connectivity index (χ2n) is 7.63. The van der Waals surface area contributed by atoms with Gasteiger partial charge < -0.3 is 20.1 Å². The van der Waals surface area contributed by atoms with E-state index in [0.717, 1.165) is 19.4 Å². The van der Waals surface area contributed by atoms with E-state index in [1.165, 1.54) is 24.3 Å². The molecule has 1 fully saturated rings. The monoisotopic (exact) mass is 458 g/mol. The highest BCUT2D eigenvalue weighted by Gasteiger charge is 2.31. The van der Waals surface area contributed by atoms with Crippen LogP contribution >= 0.6 is 0 Å². The summed E-state index contributed by atoms with van der Waals surface area (Å²) in [4.78, 5) is 22.9. The van der Waals surface area contributed by atoms with Crippen molar-refractivity contribution in [2.45, 2.75) is 32.2 Å². The lowest BCUT2D eigenvalue weighted by Crippen LogP contribution is -2.28. The summed E-state index contributed by atoms with van der Waals surface area (Å²) in [5, 5.41) is 0. The van der Waals surface area contributed by atoms with Gasteiger partial charge in [-0.25, -0.2) is 9.97 Å². The van der Waals surface area contributed by atoms with Crippen molar-refractivity contribution in [1.29, 1.82) is 0 Å². The molecule has 0 saturated carbocycles. The molecule has 7 nitrogen and oxygen atoms in total. The molecule has 10 heteroatoms. The first-order valence-electron chi connectivity index (χ1n) is 10.3. The van der Waals surface area contributed by atoms with E-state index in [-0.39, 0.29) is 11.4 Å². The van der Waals surface area contributed by atoms with Crippen LogP contribution in [0, 0.1) is 0 Å². The predicted molar refractivity (Wildman–Crippen MR) is 115 cm³/mol. The molecule has 0 bridgehead atoms. The lowest BCUT2D eigenvalue weighted by atomic mass is 10.2. The fourth-order valence-corrected chi connectivity index (χ4v) is 3.63. The molecule has 33 heavy (non-hydrogen) atoms. The Hall–Kier alpha value is -3.82. The number of aromatic nitrogens is 2. The van der Waals surface area contributed by atoms with Crippen molar-refractivity contribution in [2.75, 3.05) is 11.4 Å². The molecule has 0 radical (unpaired) electrons. The van der Waals surface area contributed by atoms with E-state index >= 15 is 0 Å². The number of benzene rings is 2. The molecule has 1 saturated heterocycles. The number of carbonyl (C=O) groups is 1. The summed E-state index contributed by atoms with van der Waals surface area (Å²) in [7, 11) is 0. The molecule has 3 aromatic rings. The van der Waals surface area contributed by atoms with Crippen LogP contribution in [-0.2, 0) is 0 Å². The fourth-order valence-electron chi connectivity index (χ4n) is 3.63. The average molecular weight is 458 g/mol. The third-order valence-corrected chi connectivity index (χ3v) is 5.22. The summed E-state index contributed by atoms with van der Waals surface area (Å²) in [6.07, 6.45) is -2.67. The fraction of sp³-hybridized carbons (Fsp3) is 0.261. The number of hydrogen-bond acceptors (Lipinski definition) is 6. The van der Waals surface area contributed by atoms with Gasteiger partial charge in [-0.3, -0.25) is 4.79 Å². The Kier molecular flexibility index (Phi) is 6.08. The van der Waals surface area contributed by atoms with Crippen molar-refractivity contribution >= 4 is 11.7 Å². The number of rotatable bonds is 6. The number of carbonyl (C=O) groups excluding carboxylic acids is 1. The smallest absolute Gasteiger partial charge is 0.457 e. The first kappa shape index (κ1) is 22.4. The number of anilines is 1. The number of amides is 1. The summed E-state index contributed by atoms with van der Waals surface area (Å²) in [6.45, 7) is 2.95. The Morgan fingerprint density at radius 2 is 1.64 bits per heavy atom. The van der Waals surface area contributed by atoms with Crippen LogP contribution in [0.15, 0.2) is 54.6 Å². The van der Waals surface area contributed by atoms with Gasteiger partial charge in [-0.05, 0) is 68.3 Å². The SMILES string of the molecule is CC1CCCN1c1cc(C(N)=O)nc(-c2ccc(Oc3ccc(OC(F)(F)F)cc3)cc2)n1. The zero-order chi connectivity index (χ0) is 23.6. The molecule has 1 unspecified atom stereocenters. The van der Waals surface area contributed by atoms with Crippen LogP contribution in [-0.4, -0.2) is 34.8 Å². The quantitative estimate of drug-likeness (QED) is 0.564. The number of nitrogens with zero attached hydrogens (tertiary/aromatic N) is 3. The minimum Gasteiger partial charge on any atom is -0.457 e. The van der Waals surface area contributed by atoms with E-state index in [2.05, 4.69) is 26.5 Å². The van der Waals surface area contributed by atoms with E-state index < -0.39 is 12.3 Å². The topological polar surface area (TPSA) is 90.6 Å². The number of ether oxygens (including phenoxy) is 2. The van der Waals surface area contributed by atoms with Crippen LogP contribution in [0.2, 0.25) is 0 Å². The van der Waals surface area contributed by atoms with Crippen LogP contribution in [0.1, 0.15) is 30.3 Å². The van der Waals surface area contributed by atoms with Gasteiger partial charge in [0, 0.05) is 24.2 Å². The van der Waals surface area contributed by atoms with E-state index in [0.29, 0.717) is 34.7 Å². The summed E-state index contributed by atoms with van der Waals surface area (Å²) in [5.74, 6) is 0.850. The molecule has 1 aliphatic rings. The van der Waals surface area contributed by atoms with E-state index in [1.807, 2.05) is 0 Å². The van der Waals surface area contributed by atoms with Crippen LogP contribution in [0.5, 0.6) is 17.2 Å². The molecular formula is C23H21F3N4O3. The Labute approximate surface area is 188 Å². The van der Waals surface area contributed by atoms with Crippen molar-refractivity contribution in [3.63, 3.8) is 0 Å². The van der Waals surface area contributed by atoms with Crippen LogP contribution in [0.3, 0.4) is 0 Å². The van der Waals surface area contributed by atoms with Crippen molar-refractivity contribution in [3.8, 4) is 28.6 Å². The third-order valence-electron chi connectivity index (χ3n) is 5.22. The van der Waals surface area contributed by atoms with Crippen LogP contribution < -0.4 is 20.1 Å². The third kappa shape index (κ3) is 5.51. The van der Waals surface area contributed by atoms with Gasteiger partial charge >= 0.3 is 6.36 Å². The van der Waals surface area contributed by atoms with Gasteiger partial charge in [0.15, 0.2) is 5.82 Å². The Morgan fingerprint density at radius 3 is 2.18 bits per heavy atom. The molecule has 172 valence electrons. The molecule has 1 aromatic heterocycles. The molecular weight excluding hydrogens is 437 g/mol. The molecule has 1 atom stereocenters. The number of alkyl halides is 3. The van der Waals surface area contributed by atoms with Gasteiger partial charge in [-0.1, -0.05) is 0 Å². The van der Waals surface area contributed by atoms with Gasteiger partial charge in [0.05, 0.1) is 0 Å². The van der Waals surface area contributed by atoms with Crippen molar-refractivity contribution < 1.29 is 27.4 Å². The Balaban J connectivity index is 1.53. The highest BCUT2D eigenvalue weighted by atomic mass is 19.4. The lowest BCUT2D eigenvalue weighted by molar-refractivity contribution is -0.274.